The van der Waals surface area contributed by atoms with E-state index in [0.717, 1.165) is 25.1 Å². The summed E-state index contributed by atoms with van der Waals surface area (Å²) in [6.07, 6.45) is 1.09. The third-order valence-corrected chi connectivity index (χ3v) is 3.16. The Labute approximate surface area is 96.2 Å². The van der Waals surface area contributed by atoms with Gasteiger partial charge in [-0.25, -0.2) is 0 Å². The van der Waals surface area contributed by atoms with Crippen molar-refractivity contribution in [3.05, 3.63) is 35.9 Å². The highest BCUT2D eigenvalue weighted by Gasteiger charge is 2.27. The van der Waals surface area contributed by atoms with Crippen LogP contribution < -0.4 is 5.73 Å². The Morgan fingerprint density at radius 3 is 2.69 bits per heavy atom. The second-order valence-corrected chi connectivity index (χ2v) is 4.57. The predicted molar refractivity (Wildman–Crippen MR) is 63.7 cm³/mol. The lowest BCUT2D eigenvalue weighted by atomic mass is 10.1. The van der Waals surface area contributed by atoms with Crippen molar-refractivity contribution in [2.45, 2.75) is 19.4 Å². The van der Waals surface area contributed by atoms with Crippen molar-refractivity contribution in [3.8, 4) is 0 Å². The van der Waals surface area contributed by atoms with Gasteiger partial charge >= 0.3 is 0 Å². The molecule has 0 aliphatic carbocycles. The van der Waals surface area contributed by atoms with Crippen molar-refractivity contribution >= 4 is 5.91 Å². The van der Waals surface area contributed by atoms with Crippen LogP contribution in [0.1, 0.15) is 24.9 Å². The molecule has 1 amide bonds. The van der Waals surface area contributed by atoms with Gasteiger partial charge in [-0.05, 0) is 17.9 Å². The topological polar surface area (TPSA) is 46.3 Å². The summed E-state index contributed by atoms with van der Waals surface area (Å²) in [4.78, 5) is 14.0. The summed E-state index contributed by atoms with van der Waals surface area (Å²) >= 11 is 0. The van der Waals surface area contributed by atoms with E-state index >= 15 is 0 Å². The van der Waals surface area contributed by atoms with Crippen LogP contribution in [0.15, 0.2) is 30.3 Å². The molecular weight excluding hydrogens is 200 g/mol. The minimum Gasteiger partial charge on any atom is -0.341 e. The first kappa shape index (κ1) is 11.1. The fourth-order valence-electron chi connectivity index (χ4n) is 2.13. The zero-order valence-electron chi connectivity index (χ0n) is 9.60. The molecule has 0 saturated carbocycles. The summed E-state index contributed by atoms with van der Waals surface area (Å²) < 4.78 is 0. The smallest absolute Gasteiger partial charge is 0.244 e. The molecule has 3 heteroatoms. The van der Waals surface area contributed by atoms with E-state index in [1.807, 2.05) is 35.2 Å². The summed E-state index contributed by atoms with van der Waals surface area (Å²) in [5.41, 5.74) is 6.87. The van der Waals surface area contributed by atoms with Crippen LogP contribution in [0.2, 0.25) is 0 Å². The molecule has 0 bridgehead atoms. The molecular formula is C13H18N2O. The molecule has 1 aromatic rings. The molecule has 1 aliphatic rings. The summed E-state index contributed by atoms with van der Waals surface area (Å²) in [7, 11) is 0. The largest absolute Gasteiger partial charge is 0.341 e. The molecule has 0 aromatic heterocycles. The Balaban J connectivity index is 2.05. The number of amides is 1. The van der Waals surface area contributed by atoms with Crippen molar-refractivity contribution in [2.75, 3.05) is 13.1 Å². The SMILES string of the molecule is CC1CCN(C(=O)[C@@H](N)c2ccccc2)C1. The Morgan fingerprint density at radius 2 is 2.12 bits per heavy atom. The van der Waals surface area contributed by atoms with E-state index in [4.69, 9.17) is 5.73 Å². The number of nitrogens with two attached hydrogens (primary N) is 1. The monoisotopic (exact) mass is 218 g/mol. The molecule has 1 unspecified atom stereocenters. The minimum atomic E-state index is -0.508. The zero-order chi connectivity index (χ0) is 11.5. The van der Waals surface area contributed by atoms with Gasteiger partial charge in [0.05, 0.1) is 0 Å². The second kappa shape index (κ2) is 4.66. The van der Waals surface area contributed by atoms with Gasteiger partial charge in [-0.3, -0.25) is 4.79 Å². The fourth-order valence-corrected chi connectivity index (χ4v) is 2.13. The van der Waals surface area contributed by atoms with Crippen LogP contribution >= 0.6 is 0 Å². The van der Waals surface area contributed by atoms with Gasteiger partial charge in [0.25, 0.3) is 0 Å². The van der Waals surface area contributed by atoms with Crippen molar-refractivity contribution in [1.82, 2.24) is 4.90 Å². The van der Waals surface area contributed by atoms with Crippen LogP contribution in [0.4, 0.5) is 0 Å². The van der Waals surface area contributed by atoms with Crippen LogP contribution in [-0.4, -0.2) is 23.9 Å². The maximum atomic E-state index is 12.1. The minimum absolute atomic E-state index is 0.0514. The Hall–Kier alpha value is -1.35. The number of likely N-dealkylation sites (tertiary alicyclic amines) is 1. The molecule has 2 rings (SSSR count). The average molecular weight is 218 g/mol. The summed E-state index contributed by atoms with van der Waals surface area (Å²) in [5.74, 6) is 0.655. The molecule has 1 aromatic carbocycles. The number of hydrogen-bond acceptors (Lipinski definition) is 2. The third-order valence-electron chi connectivity index (χ3n) is 3.16. The fraction of sp³-hybridized carbons (Fsp3) is 0.462. The van der Waals surface area contributed by atoms with Crippen LogP contribution in [-0.2, 0) is 4.79 Å². The van der Waals surface area contributed by atoms with Gasteiger partial charge in [-0.1, -0.05) is 37.3 Å². The highest BCUT2D eigenvalue weighted by molar-refractivity contribution is 5.83. The molecule has 86 valence electrons. The first-order valence-corrected chi connectivity index (χ1v) is 5.78. The van der Waals surface area contributed by atoms with E-state index in [9.17, 15) is 4.79 Å². The maximum Gasteiger partial charge on any atom is 0.244 e. The van der Waals surface area contributed by atoms with Crippen LogP contribution in [0.3, 0.4) is 0 Å². The average Bonchev–Trinajstić information content (AvgIpc) is 2.75. The van der Waals surface area contributed by atoms with E-state index in [2.05, 4.69) is 6.92 Å². The van der Waals surface area contributed by atoms with Gasteiger partial charge in [0.15, 0.2) is 0 Å². The van der Waals surface area contributed by atoms with Crippen LogP contribution in [0.5, 0.6) is 0 Å². The lowest BCUT2D eigenvalue weighted by molar-refractivity contribution is -0.131. The highest BCUT2D eigenvalue weighted by Crippen LogP contribution is 2.20. The molecule has 0 spiro atoms. The lowest BCUT2D eigenvalue weighted by Gasteiger charge is -2.20. The summed E-state index contributed by atoms with van der Waals surface area (Å²) in [6.45, 7) is 3.86. The number of carbonyl (C=O) groups is 1. The molecule has 0 radical (unpaired) electrons. The Bertz CT molecular complexity index is 363. The molecule has 1 saturated heterocycles. The van der Waals surface area contributed by atoms with Gasteiger partial charge in [0.2, 0.25) is 5.91 Å². The van der Waals surface area contributed by atoms with Crippen molar-refractivity contribution in [3.63, 3.8) is 0 Å². The third kappa shape index (κ3) is 2.25. The van der Waals surface area contributed by atoms with E-state index in [1.165, 1.54) is 0 Å². The highest BCUT2D eigenvalue weighted by atomic mass is 16.2. The van der Waals surface area contributed by atoms with Crippen molar-refractivity contribution in [1.29, 1.82) is 0 Å². The number of rotatable bonds is 2. The van der Waals surface area contributed by atoms with Gasteiger partial charge in [0.1, 0.15) is 6.04 Å². The van der Waals surface area contributed by atoms with Gasteiger partial charge in [-0.2, -0.15) is 0 Å². The molecule has 16 heavy (non-hydrogen) atoms. The van der Waals surface area contributed by atoms with Gasteiger partial charge in [-0.15, -0.1) is 0 Å². The molecule has 2 N–H and O–H groups in total. The Kier molecular flexibility index (Phi) is 3.25. The summed E-state index contributed by atoms with van der Waals surface area (Å²) in [5, 5.41) is 0. The maximum absolute atomic E-state index is 12.1. The van der Waals surface area contributed by atoms with E-state index in [0.29, 0.717) is 5.92 Å². The Morgan fingerprint density at radius 1 is 1.44 bits per heavy atom. The van der Waals surface area contributed by atoms with Crippen LogP contribution in [0.25, 0.3) is 0 Å². The van der Waals surface area contributed by atoms with E-state index in [-0.39, 0.29) is 5.91 Å². The number of carbonyl (C=O) groups excluding carboxylic acids is 1. The number of hydrogen-bond donors (Lipinski definition) is 1. The van der Waals surface area contributed by atoms with Gasteiger partial charge in [0, 0.05) is 13.1 Å². The zero-order valence-corrected chi connectivity index (χ0v) is 9.60. The standard InChI is InChI=1S/C13H18N2O/c1-10-7-8-15(9-10)13(16)12(14)11-5-3-2-4-6-11/h2-6,10,12H,7-9,14H2,1H3/t10?,12-/m0/s1. The molecule has 1 heterocycles. The normalized spacial score (nSPS) is 22.1. The predicted octanol–water partition coefficient (Wildman–Crippen LogP) is 1.55. The van der Waals surface area contributed by atoms with Gasteiger partial charge < -0.3 is 10.6 Å². The number of benzene rings is 1. The lowest BCUT2D eigenvalue weighted by Crippen LogP contribution is -2.36. The van der Waals surface area contributed by atoms with Crippen LogP contribution in [0, 0.1) is 5.92 Å². The van der Waals surface area contributed by atoms with Crippen molar-refractivity contribution in [2.24, 2.45) is 11.7 Å². The first-order valence-electron chi connectivity index (χ1n) is 5.78. The second-order valence-electron chi connectivity index (χ2n) is 4.57. The number of nitrogens with zero attached hydrogens (tertiary/aromatic N) is 1. The molecule has 1 fully saturated rings. The van der Waals surface area contributed by atoms with E-state index in [1.54, 1.807) is 0 Å². The molecule has 1 aliphatic heterocycles. The molecule has 2 atom stereocenters. The summed E-state index contributed by atoms with van der Waals surface area (Å²) in [6, 6.07) is 9.05. The quantitative estimate of drug-likeness (QED) is 0.818. The van der Waals surface area contributed by atoms with Crippen molar-refractivity contribution < 1.29 is 4.79 Å². The first-order chi connectivity index (χ1) is 7.68. The molecule has 3 nitrogen and oxygen atoms in total. The van der Waals surface area contributed by atoms with E-state index < -0.39 is 6.04 Å².